The summed E-state index contributed by atoms with van der Waals surface area (Å²) >= 11 is 0. The van der Waals surface area contributed by atoms with E-state index in [0.717, 1.165) is 51.4 Å². The number of aliphatic hydroxyl groups excluding tert-OH is 1. The second-order valence-electron chi connectivity index (χ2n) is 9.92. The standard InChI is InChI=1S/C23H42O4S/c1-4-6-14-23(5-2)16-28(25,26)20-15-18(27-3)12-13-19(20)21(22(23)24)17-10-8-7-9-11-17/h17-22,24H,4-16H2,1-3H3/t18?,19?,20?,21-,22-,23-/m1/s1. The van der Waals surface area contributed by atoms with Crippen molar-refractivity contribution in [3.8, 4) is 0 Å². The maximum atomic E-state index is 13.6. The maximum absolute atomic E-state index is 13.6. The van der Waals surface area contributed by atoms with Crippen molar-refractivity contribution >= 4 is 9.84 Å². The molecule has 3 unspecified atom stereocenters. The van der Waals surface area contributed by atoms with E-state index in [2.05, 4.69) is 13.8 Å². The number of methoxy groups -OCH3 is 1. The Hall–Kier alpha value is -0.130. The van der Waals surface area contributed by atoms with Gasteiger partial charge >= 0.3 is 0 Å². The minimum absolute atomic E-state index is 0.0462. The van der Waals surface area contributed by atoms with Crippen LogP contribution in [0.2, 0.25) is 0 Å². The van der Waals surface area contributed by atoms with Gasteiger partial charge in [0.05, 0.1) is 23.2 Å². The number of aliphatic hydroxyl groups is 1. The molecule has 2 saturated carbocycles. The molecule has 5 heteroatoms. The van der Waals surface area contributed by atoms with E-state index in [-0.39, 0.29) is 28.9 Å². The number of hydrogen-bond donors (Lipinski definition) is 1. The van der Waals surface area contributed by atoms with Crippen LogP contribution in [0.5, 0.6) is 0 Å². The number of sulfone groups is 1. The molecule has 1 N–H and O–H groups in total. The summed E-state index contributed by atoms with van der Waals surface area (Å²) in [5.41, 5.74) is -0.475. The Morgan fingerprint density at radius 3 is 2.39 bits per heavy atom. The van der Waals surface area contributed by atoms with Crippen LogP contribution in [-0.2, 0) is 14.6 Å². The highest BCUT2D eigenvalue weighted by molar-refractivity contribution is 7.92. The zero-order valence-electron chi connectivity index (χ0n) is 18.2. The van der Waals surface area contributed by atoms with Crippen molar-refractivity contribution in [3.63, 3.8) is 0 Å². The highest BCUT2D eigenvalue weighted by atomic mass is 32.2. The molecule has 3 rings (SSSR count). The molecular weight excluding hydrogens is 372 g/mol. The van der Waals surface area contributed by atoms with Crippen LogP contribution in [0.3, 0.4) is 0 Å². The molecule has 28 heavy (non-hydrogen) atoms. The van der Waals surface area contributed by atoms with Gasteiger partial charge in [-0.2, -0.15) is 0 Å². The van der Waals surface area contributed by atoms with Crippen molar-refractivity contribution in [1.82, 2.24) is 0 Å². The lowest BCUT2D eigenvalue weighted by Gasteiger charge is -2.46. The number of ether oxygens (including phenoxy) is 1. The molecular formula is C23H42O4S. The molecule has 0 bridgehead atoms. The van der Waals surface area contributed by atoms with Crippen molar-refractivity contribution < 1.29 is 18.3 Å². The molecule has 4 nitrogen and oxygen atoms in total. The van der Waals surface area contributed by atoms with Gasteiger partial charge in [0.2, 0.25) is 0 Å². The molecule has 1 saturated heterocycles. The zero-order valence-corrected chi connectivity index (χ0v) is 19.1. The topological polar surface area (TPSA) is 63.6 Å². The van der Waals surface area contributed by atoms with E-state index < -0.39 is 21.4 Å². The van der Waals surface area contributed by atoms with Crippen LogP contribution in [0.25, 0.3) is 0 Å². The maximum Gasteiger partial charge on any atom is 0.154 e. The lowest BCUT2D eigenvalue weighted by Crippen LogP contribution is -2.48. The first-order valence-electron chi connectivity index (χ1n) is 11.8. The first-order chi connectivity index (χ1) is 13.4. The molecule has 2 aliphatic carbocycles. The van der Waals surface area contributed by atoms with E-state index in [1.807, 2.05) is 0 Å². The summed E-state index contributed by atoms with van der Waals surface area (Å²) in [5, 5.41) is 11.5. The Kier molecular flexibility index (Phi) is 7.53. The summed E-state index contributed by atoms with van der Waals surface area (Å²) in [7, 11) is -1.55. The van der Waals surface area contributed by atoms with Gasteiger partial charge in [0.25, 0.3) is 0 Å². The lowest BCUT2D eigenvalue weighted by atomic mass is 9.61. The predicted octanol–water partition coefficient (Wildman–Crippen LogP) is 4.74. The van der Waals surface area contributed by atoms with Gasteiger partial charge in [0.15, 0.2) is 9.84 Å². The van der Waals surface area contributed by atoms with E-state index in [1.165, 1.54) is 19.3 Å². The van der Waals surface area contributed by atoms with E-state index in [0.29, 0.717) is 12.3 Å². The van der Waals surface area contributed by atoms with E-state index in [4.69, 9.17) is 4.74 Å². The van der Waals surface area contributed by atoms with Gasteiger partial charge in [-0.1, -0.05) is 58.8 Å². The Balaban J connectivity index is 2.03. The number of hydrogen-bond acceptors (Lipinski definition) is 4. The first-order valence-corrected chi connectivity index (χ1v) is 13.5. The van der Waals surface area contributed by atoms with Gasteiger partial charge in [0.1, 0.15) is 0 Å². The van der Waals surface area contributed by atoms with Gasteiger partial charge in [-0.15, -0.1) is 0 Å². The second-order valence-corrected chi connectivity index (χ2v) is 12.1. The molecule has 3 aliphatic rings. The third-order valence-corrected chi connectivity index (χ3v) is 10.9. The third-order valence-electron chi connectivity index (χ3n) is 8.49. The van der Waals surface area contributed by atoms with Crippen molar-refractivity contribution in [2.45, 2.75) is 108 Å². The fourth-order valence-electron chi connectivity index (χ4n) is 6.78. The Morgan fingerprint density at radius 1 is 1.07 bits per heavy atom. The Morgan fingerprint density at radius 2 is 1.79 bits per heavy atom. The smallest absolute Gasteiger partial charge is 0.154 e. The molecule has 164 valence electrons. The lowest BCUT2D eigenvalue weighted by molar-refractivity contribution is -0.0703. The van der Waals surface area contributed by atoms with Crippen LogP contribution in [0.15, 0.2) is 0 Å². The van der Waals surface area contributed by atoms with Crippen LogP contribution in [0.4, 0.5) is 0 Å². The average molecular weight is 415 g/mol. The molecule has 0 radical (unpaired) electrons. The molecule has 0 amide bonds. The fraction of sp³-hybridized carbons (Fsp3) is 1.00. The molecule has 0 spiro atoms. The summed E-state index contributed by atoms with van der Waals surface area (Å²) in [4.78, 5) is 0. The molecule has 3 fully saturated rings. The van der Waals surface area contributed by atoms with Crippen molar-refractivity contribution in [3.05, 3.63) is 0 Å². The largest absolute Gasteiger partial charge is 0.392 e. The van der Waals surface area contributed by atoms with Gasteiger partial charge < -0.3 is 9.84 Å². The van der Waals surface area contributed by atoms with Crippen LogP contribution in [0.1, 0.15) is 90.9 Å². The van der Waals surface area contributed by atoms with Gasteiger partial charge in [-0.25, -0.2) is 8.42 Å². The van der Waals surface area contributed by atoms with Crippen molar-refractivity contribution in [1.29, 1.82) is 0 Å². The highest BCUT2D eigenvalue weighted by Gasteiger charge is 2.56. The van der Waals surface area contributed by atoms with Crippen LogP contribution in [0, 0.1) is 23.2 Å². The van der Waals surface area contributed by atoms with Crippen LogP contribution < -0.4 is 0 Å². The van der Waals surface area contributed by atoms with E-state index in [9.17, 15) is 13.5 Å². The Bertz CT molecular complexity index is 598. The molecule has 0 aromatic rings. The van der Waals surface area contributed by atoms with Crippen LogP contribution >= 0.6 is 0 Å². The second kappa shape index (κ2) is 9.34. The normalized spacial score (nSPS) is 41.9. The summed E-state index contributed by atoms with van der Waals surface area (Å²) in [5.74, 6) is 0.885. The number of unbranched alkanes of at least 4 members (excludes halogenated alkanes) is 1. The summed E-state index contributed by atoms with van der Waals surface area (Å²) < 4.78 is 32.9. The summed E-state index contributed by atoms with van der Waals surface area (Å²) in [6.07, 6.45) is 11.7. The Labute approximate surface area is 172 Å². The van der Waals surface area contributed by atoms with Gasteiger partial charge in [-0.05, 0) is 49.9 Å². The minimum atomic E-state index is -3.26. The molecule has 0 aromatic carbocycles. The molecule has 1 heterocycles. The molecule has 0 aromatic heterocycles. The minimum Gasteiger partial charge on any atom is -0.392 e. The monoisotopic (exact) mass is 414 g/mol. The summed E-state index contributed by atoms with van der Waals surface area (Å²) in [6, 6.07) is 0. The number of fused-ring (bicyclic) bond motifs is 1. The first kappa shape index (κ1) is 22.6. The van der Waals surface area contributed by atoms with Crippen molar-refractivity contribution in [2.75, 3.05) is 12.9 Å². The van der Waals surface area contributed by atoms with Gasteiger partial charge in [-0.3, -0.25) is 0 Å². The zero-order chi connectivity index (χ0) is 20.4. The number of rotatable bonds is 6. The fourth-order valence-corrected chi connectivity index (χ4v) is 9.67. The third kappa shape index (κ3) is 4.32. The molecule has 6 atom stereocenters. The van der Waals surface area contributed by atoms with Crippen LogP contribution in [-0.4, -0.2) is 43.8 Å². The van der Waals surface area contributed by atoms with Gasteiger partial charge in [0, 0.05) is 12.5 Å². The van der Waals surface area contributed by atoms with E-state index in [1.54, 1.807) is 7.11 Å². The average Bonchev–Trinajstić information content (AvgIpc) is 2.78. The highest BCUT2D eigenvalue weighted by Crippen LogP contribution is 2.53. The quantitative estimate of drug-likeness (QED) is 0.682. The molecule has 1 aliphatic heterocycles. The summed E-state index contributed by atoms with van der Waals surface area (Å²) in [6.45, 7) is 4.25. The van der Waals surface area contributed by atoms with Crippen molar-refractivity contribution in [2.24, 2.45) is 23.2 Å². The van der Waals surface area contributed by atoms with E-state index >= 15 is 0 Å². The predicted molar refractivity (Wildman–Crippen MR) is 114 cm³/mol. The SMILES string of the molecule is CCCC[C@]1(CC)CS(=O)(=O)C2CC(OC)CCC2[C@@H](C2CCCCC2)[C@H]1O.